The molecule has 0 bridgehead atoms. The minimum absolute atomic E-state index is 0.0320. The van der Waals surface area contributed by atoms with E-state index in [0.717, 1.165) is 32.7 Å². The summed E-state index contributed by atoms with van der Waals surface area (Å²) in [6, 6.07) is 21.9. The van der Waals surface area contributed by atoms with Gasteiger partial charge in [0.1, 0.15) is 0 Å². The summed E-state index contributed by atoms with van der Waals surface area (Å²) in [5.41, 5.74) is 4.33. The maximum Gasteiger partial charge on any atom is 0.197 e. The first-order valence-corrected chi connectivity index (χ1v) is 7.93. The Bertz CT molecular complexity index is 1230. The van der Waals surface area contributed by atoms with Crippen LogP contribution in [0, 0.1) is 0 Å². The van der Waals surface area contributed by atoms with Crippen LogP contribution in [0.25, 0.3) is 32.7 Å². The first kappa shape index (κ1) is 13.1. The van der Waals surface area contributed by atoms with Crippen molar-refractivity contribution in [2.75, 3.05) is 0 Å². The average molecular weight is 310 g/mol. The summed E-state index contributed by atoms with van der Waals surface area (Å²) in [7, 11) is 0. The largest absolute Gasteiger partial charge is 0.360 e. The van der Waals surface area contributed by atoms with Gasteiger partial charge in [0.15, 0.2) is 5.78 Å². The maximum absolute atomic E-state index is 13.2. The Morgan fingerprint density at radius 1 is 0.667 bits per heavy atom. The third kappa shape index (κ3) is 1.75. The summed E-state index contributed by atoms with van der Waals surface area (Å²) in [6.07, 6.45) is 1.80. The van der Waals surface area contributed by atoms with Crippen molar-refractivity contribution in [3.63, 3.8) is 0 Å². The van der Waals surface area contributed by atoms with Crippen molar-refractivity contribution >= 4 is 38.5 Å². The summed E-state index contributed by atoms with van der Waals surface area (Å²) >= 11 is 0. The molecule has 0 spiro atoms. The van der Waals surface area contributed by atoms with E-state index in [1.165, 1.54) is 0 Å². The van der Waals surface area contributed by atoms with Crippen LogP contribution in [0.2, 0.25) is 0 Å². The first-order chi connectivity index (χ1) is 11.8. The minimum atomic E-state index is 0.0320. The second-order valence-corrected chi connectivity index (χ2v) is 5.98. The first-order valence-electron chi connectivity index (χ1n) is 7.93. The highest BCUT2D eigenvalue weighted by atomic mass is 16.1. The molecule has 5 aromatic rings. The lowest BCUT2D eigenvalue weighted by Crippen LogP contribution is -2.01. The third-order valence-corrected chi connectivity index (χ3v) is 4.62. The van der Waals surface area contributed by atoms with E-state index in [1.807, 2.05) is 54.6 Å². The predicted molar refractivity (Wildman–Crippen MR) is 97.5 cm³/mol. The molecule has 3 aromatic carbocycles. The molecular formula is C21H14N2O. The van der Waals surface area contributed by atoms with Gasteiger partial charge in [0, 0.05) is 44.5 Å². The normalized spacial score (nSPS) is 11.5. The van der Waals surface area contributed by atoms with Gasteiger partial charge in [0.25, 0.3) is 0 Å². The Morgan fingerprint density at radius 3 is 2.25 bits per heavy atom. The fraction of sp³-hybridized carbons (Fsp3) is 0. The van der Waals surface area contributed by atoms with E-state index >= 15 is 0 Å². The number of benzene rings is 3. The zero-order valence-corrected chi connectivity index (χ0v) is 12.8. The number of fused-ring (bicyclic) bond motifs is 4. The summed E-state index contributed by atoms with van der Waals surface area (Å²) in [4.78, 5) is 19.8. The predicted octanol–water partition coefficient (Wildman–Crippen LogP) is 5.03. The van der Waals surface area contributed by atoms with Gasteiger partial charge in [0.05, 0.1) is 5.52 Å². The van der Waals surface area contributed by atoms with Crippen LogP contribution in [0.15, 0.2) is 72.9 Å². The molecule has 0 atom stereocenters. The molecule has 2 heterocycles. The lowest BCUT2D eigenvalue weighted by Gasteiger charge is -2.02. The highest BCUT2D eigenvalue weighted by molar-refractivity contribution is 6.23. The third-order valence-electron chi connectivity index (χ3n) is 4.62. The van der Waals surface area contributed by atoms with Crippen molar-refractivity contribution in [2.45, 2.75) is 0 Å². The van der Waals surface area contributed by atoms with E-state index in [-0.39, 0.29) is 5.78 Å². The smallest absolute Gasteiger partial charge is 0.197 e. The van der Waals surface area contributed by atoms with Crippen molar-refractivity contribution in [2.24, 2.45) is 0 Å². The van der Waals surface area contributed by atoms with E-state index in [0.29, 0.717) is 11.1 Å². The van der Waals surface area contributed by atoms with Gasteiger partial charge in [-0.3, -0.25) is 4.79 Å². The van der Waals surface area contributed by atoms with Crippen LogP contribution >= 0.6 is 0 Å². The van der Waals surface area contributed by atoms with Gasteiger partial charge < -0.3 is 9.97 Å². The molecule has 5 rings (SSSR count). The molecular weight excluding hydrogens is 296 g/mol. The lowest BCUT2D eigenvalue weighted by atomic mass is 10.00. The molecule has 3 nitrogen and oxygen atoms in total. The van der Waals surface area contributed by atoms with Gasteiger partial charge in [-0.1, -0.05) is 48.5 Å². The molecule has 114 valence electrons. The fourth-order valence-corrected chi connectivity index (χ4v) is 3.47. The average Bonchev–Trinajstić information content (AvgIpc) is 3.22. The summed E-state index contributed by atoms with van der Waals surface area (Å²) < 4.78 is 0. The second-order valence-electron chi connectivity index (χ2n) is 5.98. The number of hydrogen-bond acceptors (Lipinski definition) is 1. The number of ketones is 1. The van der Waals surface area contributed by atoms with Crippen LogP contribution in [0.3, 0.4) is 0 Å². The highest BCUT2D eigenvalue weighted by Gasteiger charge is 2.18. The van der Waals surface area contributed by atoms with Gasteiger partial charge in [-0.2, -0.15) is 0 Å². The lowest BCUT2D eigenvalue weighted by molar-refractivity contribution is 0.104. The molecule has 0 unspecified atom stereocenters. The Hall–Kier alpha value is -3.33. The van der Waals surface area contributed by atoms with Crippen LogP contribution in [0.5, 0.6) is 0 Å². The number of carbonyl (C=O) groups excluding carboxylic acids is 1. The molecule has 0 aliphatic heterocycles. The zero-order chi connectivity index (χ0) is 16.1. The van der Waals surface area contributed by atoms with E-state index in [2.05, 4.69) is 22.1 Å². The van der Waals surface area contributed by atoms with Crippen molar-refractivity contribution in [1.82, 2.24) is 9.97 Å². The topological polar surface area (TPSA) is 48.6 Å². The molecule has 0 amide bonds. The minimum Gasteiger partial charge on any atom is -0.360 e. The van der Waals surface area contributed by atoms with Gasteiger partial charge >= 0.3 is 0 Å². The zero-order valence-electron chi connectivity index (χ0n) is 12.8. The molecule has 0 fully saturated rings. The quantitative estimate of drug-likeness (QED) is 0.441. The molecule has 2 N–H and O–H groups in total. The van der Waals surface area contributed by atoms with E-state index in [4.69, 9.17) is 0 Å². The number of hydrogen-bond donors (Lipinski definition) is 2. The monoisotopic (exact) mass is 310 g/mol. The van der Waals surface area contributed by atoms with Crippen molar-refractivity contribution in [1.29, 1.82) is 0 Å². The van der Waals surface area contributed by atoms with Crippen LogP contribution < -0.4 is 0 Å². The Morgan fingerprint density at radius 2 is 1.38 bits per heavy atom. The number of rotatable bonds is 2. The van der Waals surface area contributed by atoms with Crippen LogP contribution in [0.4, 0.5) is 0 Å². The number of nitrogens with one attached hydrogen (secondary N) is 2. The number of H-pyrrole nitrogens is 2. The van der Waals surface area contributed by atoms with Gasteiger partial charge in [-0.05, 0) is 18.2 Å². The standard InChI is InChI=1S/C21H14N2O/c24-21(17-12-22-18-10-3-1-7-14(17)18)16-9-5-8-15-13-6-2-4-11-19(13)23-20(15)16/h1-12,22-23H. The Labute approximate surface area is 137 Å². The molecule has 3 heteroatoms. The fourth-order valence-electron chi connectivity index (χ4n) is 3.47. The number of para-hydroxylation sites is 3. The number of aromatic nitrogens is 2. The van der Waals surface area contributed by atoms with Gasteiger partial charge in [-0.15, -0.1) is 0 Å². The van der Waals surface area contributed by atoms with E-state index in [9.17, 15) is 4.79 Å². The molecule has 2 aromatic heterocycles. The van der Waals surface area contributed by atoms with Gasteiger partial charge in [0.2, 0.25) is 0 Å². The van der Waals surface area contributed by atoms with Crippen molar-refractivity contribution < 1.29 is 4.79 Å². The molecule has 0 aliphatic carbocycles. The maximum atomic E-state index is 13.2. The van der Waals surface area contributed by atoms with E-state index < -0.39 is 0 Å². The van der Waals surface area contributed by atoms with Gasteiger partial charge in [-0.25, -0.2) is 0 Å². The van der Waals surface area contributed by atoms with Crippen molar-refractivity contribution in [3.05, 3.63) is 84.1 Å². The van der Waals surface area contributed by atoms with Crippen LogP contribution in [-0.2, 0) is 0 Å². The highest BCUT2D eigenvalue weighted by Crippen LogP contribution is 2.30. The van der Waals surface area contributed by atoms with Crippen molar-refractivity contribution in [3.8, 4) is 0 Å². The Kier molecular flexibility index (Phi) is 2.65. The number of carbonyl (C=O) groups is 1. The molecule has 0 aliphatic rings. The summed E-state index contributed by atoms with van der Waals surface area (Å²) in [6.45, 7) is 0. The molecule has 0 radical (unpaired) electrons. The Balaban J connectivity index is 1.78. The van der Waals surface area contributed by atoms with E-state index in [1.54, 1.807) is 6.20 Å². The SMILES string of the molecule is O=C(c1c[nH]c2ccccc12)c1cccc2c1[nH]c1ccccc12. The molecule has 24 heavy (non-hydrogen) atoms. The van der Waals surface area contributed by atoms with Crippen LogP contribution in [-0.4, -0.2) is 15.8 Å². The number of aromatic amines is 2. The second kappa shape index (κ2) is 4.83. The molecule has 0 saturated heterocycles. The summed E-state index contributed by atoms with van der Waals surface area (Å²) in [5.74, 6) is 0.0320. The molecule has 0 saturated carbocycles. The van der Waals surface area contributed by atoms with Crippen LogP contribution in [0.1, 0.15) is 15.9 Å². The summed E-state index contributed by atoms with van der Waals surface area (Å²) in [5, 5.41) is 3.17.